The molecule has 0 bridgehead atoms. The van der Waals surface area contributed by atoms with Crippen molar-refractivity contribution in [3.8, 4) is 17.1 Å². The van der Waals surface area contributed by atoms with E-state index in [1.165, 1.54) is 6.42 Å². The van der Waals surface area contributed by atoms with E-state index in [1.807, 2.05) is 30.3 Å². The van der Waals surface area contributed by atoms with Crippen molar-refractivity contribution in [1.29, 1.82) is 0 Å². The van der Waals surface area contributed by atoms with Crippen molar-refractivity contribution in [1.82, 2.24) is 4.90 Å². The molecule has 5 N–H and O–H groups in total. The van der Waals surface area contributed by atoms with Crippen LogP contribution in [0.3, 0.4) is 0 Å². The van der Waals surface area contributed by atoms with Gasteiger partial charge < -0.3 is 34.7 Å². The predicted octanol–water partition coefficient (Wildman–Crippen LogP) is 2.85. The predicted molar refractivity (Wildman–Crippen MR) is 136 cm³/mol. The lowest BCUT2D eigenvalue weighted by atomic mass is 10.00. The van der Waals surface area contributed by atoms with Gasteiger partial charge >= 0.3 is 17.9 Å². The molecule has 1 aromatic heterocycles. The van der Waals surface area contributed by atoms with Gasteiger partial charge in [-0.3, -0.25) is 4.90 Å². The first-order chi connectivity index (χ1) is 18.1. The maximum absolute atomic E-state index is 12.9. The van der Waals surface area contributed by atoms with E-state index >= 15 is 0 Å². The van der Waals surface area contributed by atoms with Gasteiger partial charge in [0.1, 0.15) is 22.7 Å². The monoisotopic (exact) mass is 529 g/mol. The van der Waals surface area contributed by atoms with Crippen LogP contribution in [0.15, 0.2) is 46.9 Å². The smallest absolute Gasteiger partial charge is 0.342 e. The molecule has 11 nitrogen and oxygen atoms in total. The summed E-state index contributed by atoms with van der Waals surface area (Å²) in [6, 6.07) is 12.9. The number of aliphatic carboxylic acids is 2. The SMILES string of the molecule is CCOC(=O)c1c(-c2ccccc2)oc2ccc(O)c(CN3CCCCC3)c12.O=C(O)C(O)C(O)C(=O)O. The molecule has 1 aliphatic heterocycles. The fourth-order valence-corrected chi connectivity index (χ4v) is 4.21. The van der Waals surface area contributed by atoms with E-state index < -0.39 is 30.1 Å². The number of carbonyl (C=O) groups excluding carboxylic acids is 1. The summed E-state index contributed by atoms with van der Waals surface area (Å²) in [6.45, 7) is 4.64. The Labute approximate surface area is 218 Å². The summed E-state index contributed by atoms with van der Waals surface area (Å²) in [5.41, 5.74) is 2.52. The third-order valence-corrected chi connectivity index (χ3v) is 6.09. The Hall–Kier alpha value is -3.93. The minimum atomic E-state index is -2.27. The number of aromatic hydroxyl groups is 1. The van der Waals surface area contributed by atoms with Gasteiger partial charge in [-0.05, 0) is 45.0 Å². The molecule has 0 aliphatic carbocycles. The largest absolute Gasteiger partial charge is 0.508 e. The lowest BCUT2D eigenvalue weighted by Gasteiger charge is -2.27. The topological polar surface area (TPSA) is 178 Å². The number of furan rings is 1. The number of hydrogen-bond acceptors (Lipinski definition) is 9. The van der Waals surface area contributed by atoms with Crippen molar-refractivity contribution in [2.45, 2.75) is 44.9 Å². The van der Waals surface area contributed by atoms with Gasteiger partial charge in [0.05, 0.1) is 6.61 Å². The van der Waals surface area contributed by atoms with Gasteiger partial charge in [-0.15, -0.1) is 0 Å². The highest BCUT2D eigenvalue weighted by atomic mass is 16.5. The summed E-state index contributed by atoms with van der Waals surface area (Å²) in [6.07, 6.45) is -0.982. The van der Waals surface area contributed by atoms with Crippen molar-refractivity contribution in [3.05, 3.63) is 53.6 Å². The fraction of sp³-hybridized carbons (Fsp3) is 0.370. The van der Waals surface area contributed by atoms with Crippen LogP contribution in [-0.2, 0) is 20.9 Å². The van der Waals surface area contributed by atoms with Crippen LogP contribution in [0.2, 0.25) is 0 Å². The quantitative estimate of drug-likeness (QED) is 0.271. The van der Waals surface area contributed by atoms with Gasteiger partial charge in [-0.25, -0.2) is 14.4 Å². The number of likely N-dealkylation sites (tertiary alicyclic amines) is 1. The van der Waals surface area contributed by atoms with E-state index in [1.54, 1.807) is 19.1 Å². The Kier molecular flexibility index (Phi) is 9.83. The van der Waals surface area contributed by atoms with E-state index in [-0.39, 0.29) is 12.4 Å². The number of nitrogens with zero attached hydrogens (tertiary/aromatic N) is 1. The number of hydrogen-bond donors (Lipinski definition) is 5. The third kappa shape index (κ3) is 6.68. The Bertz CT molecular complexity index is 1250. The summed E-state index contributed by atoms with van der Waals surface area (Å²) in [5, 5.41) is 43.8. The number of fused-ring (bicyclic) bond motifs is 1. The molecule has 11 heteroatoms. The molecule has 0 spiro atoms. The molecule has 2 heterocycles. The Morgan fingerprint density at radius 3 is 2.11 bits per heavy atom. The Morgan fingerprint density at radius 2 is 1.55 bits per heavy atom. The minimum Gasteiger partial charge on any atom is -0.508 e. The van der Waals surface area contributed by atoms with Crippen molar-refractivity contribution in [3.63, 3.8) is 0 Å². The highest BCUT2D eigenvalue weighted by molar-refractivity contribution is 6.10. The van der Waals surface area contributed by atoms with Gasteiger partial charge in [0.25, 0.3) is 0 Å². The van der Waals surface area contributed by atoms with Crippen molar-refractivity contribution >= 4 is 28.9 Å². The van der Waals surface area contributed by atoms with Crippen LogP contribution >= 0.6 is 0 Å². The van der Waals surface area contributed by atoms with Gasteiger partial charge in [-0.2, -0.15) is 0 Å². The molecule has 0 radical (unpaired) electrons. The minimum absolute atomic E-state index is 0.184. The molecular formula is C27H31NO10. The van der Waals surface area contributed by atoms with Crippen LogP contribution in [0, 0.1) is 0 Å². The number of piperidine rings is 1. The van der Waals surface area contributed by atoms with Crippen LogP contribution < -0.4 is 0 Å². The maximum Gasteiger partial charge on any atom is 0.342 e. The normalized spacial score (nSPS) is 15.2. The number of carboxylic acids is 2. The fourth-order valence-electron chi connectivity index (χ4n) is 4.21. The molecule has 4 rings (SSSR count). The number of phenols is 1. The van der Waals surface area contributed by atoms with E-state index in [0.29, 0.717) is 28.8 Å². The second kappa shape index (κ2) is 13.0. The highest BCUT2D eigenvalue weighted by Gasteiger charge is 2.29. The van der Waals surface area contributed by atoms with Crippen LogP contribution in [0.25, 0.3) is 22.3 Å². The summed E-state index contributed by atoms with van der Waals surface area (Å²) >= 11 is 0. The zero-order chi connectivity index (χ0) is 27.8. The number of aliphatic hydroxyl groups is 2. The zero-order valence-corrected chi connectivity index (χ0v) is 20.9. The molecule has 204 valence electrons. The van der Waals surface area contributed by atoms with Crippen LogP contribution in [0.1, 0.15) is 42.1 Å². The summed E-state index contributed by atoms with van der Waals surface area (Å²) in [5.74, 6) is -3.29. The van der Waals surface area contributed by atoms with Gasteiger partial charge in [0.15, 0.2) is 12.2 Å². The van der Waals surface area contributed by atoms with Gasteiger partial charge in [0.2, 0.25) is 0 Å². The second-order valence-corrected chi connectivity index (χ2v) is 8.73. The van der Waals surface area contributed by atoms with Crippen molar-refractivity contribution in [2.75, 3.05) is 19.7 Å². The molecule has 2 aromatic carbocycles. The Balaban J connectivity index is 0.000000342. The van der Waals surface area contributed by atoms with E-state index in [0.717, 1.165) is 37.1 Å². The number of aliphatic hydroxyl groups excluding tert-OH is 2. The highest BCUT2D eigenvalue weighted by Crippen LogP contribution is 2.39. The molecule has 2 atom stereocenters. The number of benzene rings is 2. The van der Waals surface area contributed by atoms with Crippen molar-refractivity contribution in [2.24, 2.45) is 0 Å². The van der Waals surface area contributed by atoms with Gasteiger partial charge in [0, 0.05) is 23.1 Å². The van der Waals surface area contributed by atoms with Crippen molar-refractivity contribution < 1.29 is 49.1 Å². The summed E-state index contributed by atoms with van der Waals surface area (Å²) < 4.78 is 11.5. The zero-order valence-electron chi connectivity index (χ0n) is 20.9. The number of rotatable bonds is 8. The lowest BCUT2D eigenvalue weighted by molar-refractivity contribution is -0.165. The van der Waals surface area contributed by atoms with Crippen LogP contribution in [0.5, 0.6) is 5.75 Å². The molecule has 1 aliphatic rings. The first kappa shape index (κ1) is 28.6. The first-order valence-corrected chi connectivity index (χ1v) is 12.2. The third-order valence-electron chi connectivity index (χ3n) is 6.09. The standard InChI is InChI=1S/C23H25NO4.C4H6O6/c1-2-27-23(26)21-20-17(15-24-13-7-4-8-14-24)18(25)11-12-19(20)28-22(21)16-9-5-3-6-10-16;5-1(3(7)8)2(6)4(9)10/h3,5-6,9-12,25H,2,4,7-8,13-15H2,1H3;1-2,5-6H,(H,7,8)(H,9,10). The number of carboxylic acid groups (broad SMARTS) is 2. The van der Waals surface area contributed by atoms with E-state index in [9.17, 15) is 19.5 Å². The van der Waals surface area contributed by atoms with E-state index in [4.69, 9.17) is 29.6 Å². The van der Waals surface area contributed by atoms with Gasteiger partial charge in [-0.1, -0.05) is 36.8 Å². The molecule has 0 amide bonds. The average Bonchev–Trinajstić information content (AvgIpc) is 3.31. The molecule has 2 unspecified atom stereocenters. The van der Waals surface area contributed by atoms with E-state index in [2.05, 4.69) is 4.90 Å². The second-order valence-electron chi connectivity index (χ2n) is 8.73. The molecule has 1 saturated heterocycles. The maximum atomic E-state index is 12.9. The number of esters is 1. The molecule has 3 aromatic rings. The summed E-state index contributed by atoms with van der Waals surface area (Å²) in [4.78, 5) is 34.8. The molecule has 0 saturated carbocycles. The average molecular weight is 530 g/mol. The summed E-state index contributed by atoms with van der Waals surface area (Å²) in [7, 11) is 0. The van der Waals surface area contributed by atoms with Crippen LogP contribution in [0.4, 0.5) is 0 Å². The number of carbonyl (C=O) groups is 3. The molecule has 1 fully saturated rings. The first-order valence-electron chi connectivity index (χ1n) is 12.2. The molecular weight excluding hydrogens is 498 g/mol. The number of ether oxygens (including phenoxy) is 1. The Morgan fingerprint density at radius 1 is 0.947 bits per heavy atom. The van der Waals surface area contributed by atoms with Crippen LogP contribution in [-0.4, -0.2) is 80.2 Å². The lowest BCUT2D eigenvalue weighted by Crippen LogP contribution is -2.39. The molecule has 38 heavy (non-hydrogen) atoms. The number of phenolic OH excluding ortho intramolecular Hbond substituents is 1.